The summed E-state index contributed by atoms with van der Waals surface area (Å²) in [6.45, 7) is 18.8. The predicted molar refractivity (Wildman–Crippen MR) is 176 cm³/mol. The lowest BCUT2D eigenvalue weighted by Gasteiger charge is -2.36. The third kappa shape index (κ3) is 14.0. The molecule has 0 radical (unpaired) electrons. The van der Waals surface area contributed by atoms with Crippen molar-refractivity contribution < 1.29 is 28.7 Å². The number of hydrogen-bond donors (Lipinski definition) is 3. The van der Waals surface area contributed by atoms with E-state index in [0.717, 1.165) is 5.56 Å². The minimum absolute atomic E-state index is 0.0364. The van der Waals surface area contributed by atoms with Crippen LogP contribution in [0.2, 0.25) is 0 Å². The number of Topliss-reactive ketones (excluding diaryl/α,β-unsaturated/α-hetero) is 1. The first kappa shape index (κ1) is 38.9. The highest BCUT2D eigenvalue weighted by atomic mass is 16.6. The fourth-order valence-electron chi connectivity index (χ4n) is 4.40. The van der Waals surface area contributed by atoms with E-state index in [0.29, 0.717) is 25.8 Å². The molecule has 1 fully saturated rings. The predicted octanol–water partition coefficient (Wildman–Crippen LogP) is 4.52. The highest BCUT2D eigenvalue weighted by molar-refractivity contribution is 6.38. The van der Waals surface area contributed by atoms with Crippen LogP contribution < -0.4 is 16.0 Å². The SMILES string of the molecule is C=CCCC(NC(=O)[C@@H]1CCCN1C(=O)[C@@H](NC(=O)OC(C)(C)C)C(C)(C)C)C(=O)C(=O)NCC#Cc1ccccc1.CCC. The Morgan fingerprint density at radius 2 is 1.67 bits per heavy atom. The molecule has 2 rings (SSSR count). The van der Waals surface area contributed by atoms with Gasteiger partial charge in [0.25, 0.3) is 5.91 Å². The molecule has 1 heterocycles. The summed E-state index contributed by atoms with van der Waals surface area (Å²) >= 11 is 0. The number of alkyl carbamates (subject to hydrolysis) is 1. The van der Waals surface area contributed by atoms with Gasteiger partial charge in [-0.25, -0.2) is 4.79 Å². The first-order valence-electron chi connectivity index (χ1n) is 15.6. The van der Waals surface area contributed by atoms with Gasteiger partial charge in [-0.2, -0.15) is 0 Å². The van der Waals surface area contributed by atoms with Crippen molar-refractivity contribution in [3.63, 3.8) is 0 Å². The number of nitrogens with zero attached hydrogens (tertiary/aromatic N) is 1. The second-order valence-corrected chi connectivity index (χ2v) is 13.0. The summed E-state index contributed by atoms with van der Waals surface area (Å²) in [5.41, 5.74) is -0.652. The minimum atomic E-state index is -1.10. The van der Waals surface area contributed by atoms with Crippen LogP contribution in [-0.4, -0.2) is 71.3 Å². The van der Waals surface area contributed by atoms with Crippen LogP contribution in [0.1, 0.15) is 93.1 Å². The van der Waals surface area contributed by atoms with Crippen molar-refractivity contribution in [2.24, 2.45) is 5.41 Å². The first-order valence-corrected chi connectivity index (χ1v) is 15.6. The number of ketones is 1. The van der Waals surface area contributed by atoms with Gasteiger partial charge in [-0.05, 0) is 64.0 Å². The maximum absolute atomic E-state index is 13.7. The van der Waals surface area contributed by atoms with Crippen molar-refractivity contribution in [2.45, 2.75) is 111 Å². The Hall–Kier alpha value is -4.13. The lowest BCUT2D eigenvalue weighted by molar-refractivity contribution is -0.144. The summed E-state index contributed by atoms with van der Waals surface area (Å²) in [7, 11) is 0. The van der Waals surface area contributed by atoms with Crippen LogP contribution in [0.25, 0.3) is 0 Å². The average Bonchev–Trinajstić information content (AvgIpc) is 3.45. The summed E-state index contributed by atoms with van der Waals surface area (Å²) in [6.07, 6.45) is 3.62. The molecular weight excluding hydrogens is 572 g/mol. The normalized spacial score (nSPS) is 15.6. The van der Waals surface area contributed by atoms with E-state index >= 15 is 0 Å². The second kappa shape index (κ2) is 18.6. The minimum Gasteiger partial charge on any atom is -0.444 e. The van der Waals surface area contributed by atoms with Crippen molar-refractivity contribution in [1.29, 1.82) is 0 Å². The summed E-state index contributed by atoms with van der Waals surface area (Å²) in [4.78, 5) is 66.7. The summed E-state index contributed by atoms with van der Waals surface area (Å²) < 4.78 is 5.36. The molecule has 1 aromatic rings. The van der Waals surface area contributed by atoms with Gasteiger partial charge in [-0.15, -0.1) is 6.58 Å². The number of benzene rings is 1. The molecule has 0 aliphatic carbocycles. The van der Waals surface area contributed by atoms with Crippen LogP contribution in [0, 0.1) is 17.3 Å². The standard InChI is InChI=1S/C32H44N4O6.C3H8/c1-8-9-18-23(25(37)28(39)33-20-13-17-22-15-11-10-12-16-22)34-27(38)24-19-14-21-36(24)29(40)26(31(2,3)4)35-30(41)42-32(5,6)7;1-3-2/h8,10-12,15-16,23-24,26H,1,9,14,18-21H2,2-7H3,(H,33,39)(H,34,38)(H,35,41);3H2,1-2H3/t23?,24-,26+;/m0./s1. The van der Waals surface area contributed by atoms with E-state index in [1.54, 1.807) is 26.8 Å². The van der Waals surface area contributed by atoms with Crippen LogP contribution in [-0.2, 0) is 23.9 Å². The van der Waals surface area contributed by atoms with Crippen molar-refractivity contribution in [3.05, 3.63) is 48.6 Å². The number of ether oxygens (including phenoxy) is 1. The fourth-order valence-corrected chi connectivity index (χ4v) is 4.40. The van der Waals surface area contributed by atoms with E-state index in [2.05, 4.69) is 48.2 Å². The second-order valence-electron chi connectivity index (χ2n) is 13.0. The highest BCUT2D eigenvalue weighted by Crippen LogP contribution is 2.26. The lowest BCUT2D eigenvalue weighted by atomic mass is 9.85. The fraction of sp³-hybridized carbons (Fsp3) is 0.571. The van der Waals surface area contributed by atoms with E-state index in [1.807, 2.05) is 51.1 Å². The number of rotatable bonds is 10. The maximum atomic E-state index is 13.7. The van der Waals surface area contributed by atoms with E-state index in [4.69, 9.17) is 4.74 Å². The number of carbonyl (C=O) groups excluding carboxylic acids is 5. The highest BCUT2D eigenvalue weighted by Gasteiger charge is 2.43. The molecule has 10 heteroatoms. The number of likely N-dealkylation sites (tertiary alicyclic amines) is 1. The van der Waals surface area contributed by atoms with Crippen LogP contribution >= 0.6 is 0 Å². The smallest absolute Gasteiger partial charge is 0.408 e. The molecule has 248 valence electrons. The van der Waals surface area contributed by atoms with Crippen molar-refractivity contribution >= 4 is 29.6 Å². The Balaban J connectivity index is 0.00000324. The molecule has 3 N–H and O–H groups in total. The molecule has 0 spiro atoms. The van der Waals surface area contributed by atoms with Gasteiger partial charge < -0.3 is 25.6 Å². The number of amides is 4. The summed E-state index contributed by atoms with van der Waals surface area (Å²) in [5.74, 6) is 3.08. The van der Waals surface area contributed by atoms with E-state index in [9.17, 15) is 24.0 Å². The number of carbonyl (C=O) groups is 5. The molecule has 1 aliphatic rings. The molecule has 0 bridgehead atoms. The Morgan fingerprint density at radius 1 is 1.04 bits per heavy atom. The van der Waals surface area contributed by atoms with Gasteiger partial charge in [-0.3, -0.25) is 19.2 Å². The van der Waals surface area contributed by atoms with E-state index in [-0.39, 0.29) is 13.0 Å². The molecule has 0 aromatic heterocycles. The summed E-state index contributed by atoms with van der Waals surface area (Å²) in [6, 6.07) is 6.30. The number of nitrogens with one attached hydrogen (secondary N) is 3. The molecule has 1 saturated heterocycles. The molecule has 1 aromatic carbocycles. The zero-order valence-corrected chi connectivity index (χ0v) is 28.2. The van der Waals surface area contributed by atoms with Gasteiger partial charge in [0.1, 0.15) is 17.7 Å². The van der Waals surface area contributed by atoms with Crippen molar-refractivity contribution in [3.8, 4) is 11.8 Å². The third-order valence-electron chi connectivity index (χ3n) is 6.47. The van der Waals surface area contributed by atoms with E-state index in [1.165, 1.54) is 11.3 Å². The quantitative estimate of drug-likeness (QED) is 0.199. The lowest BCUT2D eigenvalue weighted by Crippen LogP contribution is -2.59. The van der Waals surface area contributed by atoms with Gasteiger partial charge in [0.05, 0.1) is 12.6 Å². The van der Waals surface area contributed by atoms with Gasteiger partial charge >= 0.3 is 6.09 Å². The number of allylic oxidation sites excluding steroid dienone is 1. The maximum Gasteiger partial charge on any atom is 0.408 e. The molecule has 1 unspecified atom stereocenters. The van der Waals surface area contributed by atoms with Gasteiger partial charge in [-0.1, -0.05) is 77.2 Å². The zero-order valence-electron chi connectivity index (χ0n) is 28.2. The summed E-state index contributed by atoms with van der Waals surface area (Å²) in [5, 5.41) is 7.85. The molecular formula is C35H52N4O6. The van der Waals surface area contributed by atoms with Crippen LogP contribution in [0.4, 0.5) is 4.79 Å². The van der Waals surface area contributed by atoms with Crippen molar-refractivity contribution in [1.82, 2.24) is 20.9 Å². The zero-order chi connectivity index (χ0) is 34.2. The van der Waals surface area contributed by atoms with Gasteiger partial charge in [0.2, 0.25) is 17.6 Å². The Kier molecular flexibility index (Phi) is 16.1. The Bertz CT molecular complexity index is 1220. The Labute approximate surface area is 269 Å². The molecule has 4 amide bonds. The van der Waals surface area contributed by atoms with Gasteiger partial charge in [0.15, 0.2) is 0 Å². The van der Waals surface area contributed by atoms with Crippen LogP contribution in [0.15, 0.2) is 43.0 Å². The Morgan fingerprint density at radius 3 is 2.22 bits per heavy atom. The van der Waals surface area contributed by atoms with Gasteiger partial charge in [0, 0.05) is 12.1 Å². The molecule has 10 nitrogen and oxygen atoms in total. The molecule has 3 atom stereocenters. The first-order chi connectivity index (χ1) is 21.0. The third-order valence-corrected chi connectivity index (χ3v) is 6.47. The van der Waals surface area contributed by atoms with E-state index < -0.39 is 58.7 Å². The average molecular weight is 625 g/mol. The van der Waals surface area contributed by atoms with Crippen molar-refractivity contribution in [2.75, 3.05) is 13.1 Å². The topological polar surface area (TPSA) is 134 Å². The molecule has 0 saturated carbocycles. The molecule has 1 aliphatic heterocycles. The monoisotopic (exact) mass is 624 g/mol. The molecule has 45 heavy (non-hydrogen) atoms. The van der Waals surface area contributed by atoms with Crippen LogP contribution in [0.3, 0.4) is 0 Å². The number of hydrogen-bond acceptors (Lipinski definition) is 6. The largest absolute Gasteiger partial charge is 0.444 e. The van der Waals surface area contributed by atoms with Crippen LogP contribution in [0.5, 0.6) is 0 Å².